The first kappa shape index (κ1) is 9.95. The van der Waals surface area contributed by atoms with Gasteiger partial charge in [-0.3, -0.25) is 0 Å². The van der Waals surface area contributed by atoms with Crippen LogP contribution in [0.5, 0.6) is 5.75 Å². The van der Waals surface area contributed by atoms with Gasteiger partial charge in [0.2, 0.25) is 0 Å². The molecule has 0 aliphatic heterocycles. The first-order chi connectivity index (χ1) is 6.00. The van der Waals surface area contributed by atoms with Crippen molar-refractivity contribution in [1.82, 2.24) is 5.06 Å². The van der Waals surface area contributed by atoms with Crippen LogP contribution in [0.15, 0.2) is 12.1 Å². The quantitative estimate of drug-likeness (QED) is 0.689. The minimum absolute atomic E-state index is 0.264. The van der Waals surface area contributed by atoms with Gasteiger partial charge in [-0.1, -0.05) is 0 Å². The van der Waals surface area contributed by atoms with Crippen molar-refractivity contribution in [1.29, 1.82) is 0 Å². The summed E-state index contributed by atoms with van der Waals surface area (Å²) in [4.78, 5) is 0. The van der Waals surface area contributed by atoms with E-state index in [1.807, 2.05) is 0 Å². The third-order valence-electron chi connectivity index (χ3n) is 1.80. The molecule has 72 valence electrons. The van der Waals surface area contributed by atoms with Gasteiger partial charge in [-0.15, -0.1) is 0 Å². The Morgan fingerprint density at radius 1 is 1.46 bits per heavy atom. The van der Waals surface area contributed by atoms with E-state index in [-0.39, 0.29) is 12.3 Å². The van der Waals surface area contributed by atoms with Crippen LogP contribution in [0.1, 0.15) is 11.1 Å². The summed E-state index contributed by atoms with van der Waals surface area (Å²) in [6, 6.07) is 2.56. The Balaban J connectivity index is 3.01. The van der Waals surface area contributed by atoms with Crippen LogP contribution in [0, 0.1) is 12.7 Å². The third kappa shape index (κ3) is 2.40. The van der Waals surface area contributed by atoms with Gasteiger partial charge in [-0.25, -0.2) is 4.39 Å². The van der Waals surface area contributed by atoms with E-state index in [4.69, 9.17) is 10.3 Å². The van der Waals surface area contributed by atoms with Crippen molar-refractivity contribution in [2.45, 2.75) is 13.5 Å². The zero-order chi connectivity index (χ0) is 10.0. The molecule has 1 aromatic carbocycles. The Morgan fingerprint density at radius 3 is 2.62 bits per heavy atom. The molecule has 1 aromatic rings. The lowest BCUT2D eigenvalue weighted by molar-refractivity contribution is -0.0733. The van der Waals surface area contributed by atoms with Crippen LogP contribution in [0.4, 0.5) is 4.39 Å². The number of hydroxylamine groups is 2. The van der Waals surface area contributed by atoms with Crippen molar-refractivity contribution in [3.63, 3.8) is 0 Å². The monoisotopic (exact) mass is 185 g/mol. The van der Waals surface area contributed by atoms with Gasteiger partial charge < -0.3 is 10.3 Å². The molecule has 0 unspecified atom stereocenters. The van der Waals surface area contributed by atoms with Crippen LogP contribution in [0.2, 0.25) is 0 Å². The maximum atomic E-state index is 12.8. The molecule has 0 saturated heterocycles. The molecule has 13 heavy (non-hydrogen) atoms. The van der Waals surface area contributed by atoms with Gasteiger partial charge in [0.25, 0.3) is 0 Å². The SMILES string of the molecule is Cc1cc(F)c(O)cc1CN(C)O. The lowest BCUT2D eigenvalue weighted by Gasteiger charge is -2.11. The summed E-state index contributed by atoms with van der Waals surface area (Å²) in [5.74, 6) is -1.02. The maximum absolute atomic E-state index is 12.8. The predicted octanol–water partition coefficient (Wildman–Crippen LogP) is 1.66. The first-order valence-electron chi connectivity index (χ1n) is 3.88. The van der Waals surface area contributed by atoms with E-state index < -0.39 is 5.82 Å². The summed E-state index contributed by atoms with van der Waals surface area (Å²) in [5.41, 5.74) is 1.40. The highest BCUT2D eigenvalue weighted by Crippen LogP contribution is 2.21. The third-order valence-corrected chi connectivity index (χ3v) is 1.80. The standard InChI is InChI=1S/C9H12FNO2/c1-6-3-8(10)9(12)4-7(6)5-11(2)13/h3-4,12-13H,5H2,1-2H3. The van der Waals surface area contributed by atoms with Crippen molar-refractivity contribution >= 4 is 0 Å². The molecule has 0 amide bonds. The topological polar surface area (TPSA) is 43.7 Å². The molecule has 0 aliphatic rings. The second-order valence-corrected chi connectivity index (χ2v) is 3.05. The highest BCUT2D eigenvalue weighted by Gasteiger charge is 2.06. The number of hydrogen-bond acceptors (Lipinski definition) is 3. The highest BCUT2D eigenvalue weighted by molar-refractivity contribution is 5.35. The van der Waals surface area contributed by atoms with Crippen molar-refractivity contribution in [3.05, 3.63) is 29.1 Å². The van der Waals surface area contributed by atoms with Gasteiger partial charge >= 0.3 is 0 Å². The van der Waals surface area contributed by atoms with E-state index >= 15 is 0 Å². The van der Waals surface area contributed by atoms with Crippen molar-refractivity contribution < 1.29 is 14.7 Å². The summed E-state index contributed by atoms with van der Waals surface area (Å²) in [6.45, 7) is 1.99. The van der Waals surface area contributed by atoms with E-state index in [1.165, 1.54) is 19.2 Å². The number of halogens is 1. The second-order valence-electron chi connectivity index (χ2n) is 3.05. The molecule has 0 bridgehead atoms. The summed E-state index contributed by atoms with van der Waals surface area (Å²) in [6.07, 6.45) is 0. The Hall–Kier alpha value is -1.13. The average molecular weight is 185 g/mol. The highest BCUT2D eigenvalue weighted by atomic mass is 19.1. The first-order valence-corrected chi connectivity index (χ1v) is 3.88. The zero-order valence-electron chi connectivity index (χ0n) is 7.58. The van der Waals surface area contributed by atoms with Crippen molar-refractivity contribution in [3.8, 4) is 5.75 Å². The number of aryl methyl sites for hydroxylation is 1. The van der Waals surface area contributed by atoms with Crippen molar-refractivity contribution in [2.75, 3.05) is 7.05 Å². The maximum Gasteiger partial charge on any atom is 0.165 e. The molecule has 0 fully saturated rings. The van der Waals surface area contributed by atoms with E-state index in [1.54, 1.807) is 6.92 Å². The summed E-state index contributed by atoms with van der Waals surface area (Å²) < 4.78 is 12.8. The fraction of sp³-hybridized carbons (Fsp3) is 0.333. The molecule has 2 N–H and O–H groups in total. The molecule has 0 aliphatic carbocycles. The molecule has 0 saturated carbocycles. The number of nitrogens with zero attached hydrogens (tertiary/aromatic N) is 1. The van der Waals surface area contributed by atoms with Crippen LogP contribution >= 0.6 is 0 Å². The van der Waals surface area contributed by atoms with Crippen LogP contribution in [-0.4, -0.2) is 22.4 Å². The normalized spacial score (nSPS) is 10.8. The molecule has 3 nitrogen and oxygen atoms in total. The Labute approximate surface area is 76.0 Å². The fourth-order valence-electron chi connectivity index (χ4n) is 1.12. The van der Waals surface area contributed by atoms with Gasteiger partial charge in [0.1, 0.15) is 0 Å². The smallest absolute Gasteiger partial charge is 0.165 e. The molecule has 0 spiro atoms. The minimum Gasteiger partial charge on any atom is -0.505 e. The molecule has 1 rings (SSSR count). The summed E-state index contributed by atoms with van der Waals surface area (Å²) in [7, 11) is 1.49. The Morgan fingerprint density at radius 2 is 2.08 bits per heavy atom. The lowest BCUT2D eigenvalue weighted by atomic mass is 10.1. The minimum atomic E-state index is -0.637. The molecule has 0 atom stereocenters. The van der Waals surface area contributed by atoms with Gasteiger partial charge in [0, 0.05) is 13.6 Å². The second kappa shape index (κ2) is 3.72. The average Bonchev–Trinajstić information content (AvgIpc) is 1.99. The molecule has 0 heterocycles. The number of hydrogen-bond donors (Lipinski definition) is 2. The fourth-order valence-corrected chi connectivity index (χ4v) is 1.12. The van der Waals surface area contributed by atoms with Gasteiger partial charge in [0.15, 0.2) is 11.6 Å². The van der Waals surface area contributed by atoms with Crippen molar-refractivity contribution in [2.24, 2.45) is 0 Å². The molecular formula is C9H12FNO2. The number of phenolic OH excluding ortho intramolecular Hbond substituents is 1. The Kier molecular flexibility index (Phi) is 2.85. The summed E-state index contributed by atoms with van der Waals surface area (Å²) in [5, 5.41) is 19.0. The predicted molar refractivity (Wildman–Crippen MR) is 46.1 cm³/mol. The van der Waals surface area contributed by atoms with Gasteiger partial charge in [-0.05, 0) is 30.2 Å². The van der Waals surface area contributed by atoms with Crippen LogP contribution in [-0.2, 0) is 6.54 Å². The number of phenols is 1. The Bertz CT molecular complexity index is 313. The van der Waals surface area contributed by atoms with E-state index in [0.29, 0.717) is 11.1 Å². The summed E-state index contributed by atoms with van der Waals surface area (Å²) >= 11 is 0. The van der Waals surface area contributed by atoms with Crippen LogP contribution in [0.3, 0.4) is 0 Å². The molecular weight excluding hydrogens is 173 g/mol. The molecule has 4 heteroatoms. The largest absolute Gasteiger partial charge is 0.505 e. The molecule has 0 aromatic heterocycles. The lowest BCUT2D eigenvalue weighted by Crippen LogP contribution is -2.12. The number of aromatic hydroxyl groups is 1. The van der Waals surface area contributed by atoms with E-state index in [9.17, 15) is 4.39 Å². The van der Waals surface area contributed by atoms with Gasteiger partial charge in [0.05, 0.1) is 0 Å². The van der Waals surface area contributed by atoms with E-state index in [2.05, 4.69) is 0 Å². The van der Waals surface area contributed by atoms with Gasteiger partial charge in [-0.2, -0.15) is 5.06 Å². The number of benzene rings is 1. The van der Waals surface area contributed by atoms with Crippen LogP contribution < -0.4 is 0 Å². The zero-order valence-corrected chi connectivity index (χ0v) is 7.58. The van der Waals surface area contributed by atoms with Crippen LogP contribution in [0.25, 0.3) is 0 Å². The van der Waals surface area contributed by atoms with E-state index in [0.717, 1.165) is 5.06 Å². The molecule has 0 radical (unpaired) electrons. The number of rotatable bonds is 2.